The van der Waals surface area contributed by atoms with Gasteiger partial charge in [0, 0.05) is 17.7 Å². The molecule has 1 aromatic carbocycles. The number of benzene rings is 1. The second-order valence-electron chi connectivity index (χ2n) is 9.19. The molecule has 0 bridgehead atoms. The van der Waals surface area contributed by atoms with Gasteiger partial charge >= 0.3 is 5.97 Å². The highest BCUT2D eigenvalue weighted by Gasteiger charge is 2.53. The van der Waals surface area contributed by atoms with E-state index < -0.39 is 0 Å². The van der Waals surface area contributed by atoms with Gasteiger partial charge in [0.05, 0.1) is 11.6 Å². The third-order valence-electron chi connectivity index (χ3n) is 7.51. The minimum Gasteiger partial charge on any atom is -0.462 e. The molecule has 3 unspecified atom stereocenters. The lowest BCUT2D eigenvalue weighted by Crippen LogP contribution is -2.42. The van der Waals surface area contributed by atoms with E-state index in [9.17, 15) is 9.18 Å². The second kappa shape index (κ2) is 7.98. The number of hydrogen-bond donors (Lipinski definition) is 0. The average Bonchev–Trinajstić information content (AvgIpc) is 3.05. The molecule has 6 atom stereocenters. The van der Waals surface area contributed by atoms with Crippen molar-refractivity contribution >= 4 is 12.0 Å². The van der Waals surface area contributed by atoms with Gasteiger partial charge in [-0.1, -0.05) is 43.5 Å². The first-order valence-electron chi connectivity index (χ1n) is 11.2. The van der Waals surface area contributed by atoms with Crippen molar-refractivity contribution in [2.45, 2.75) is 45.1 Å². The largest absolute Gasteiger partial charge is 0.462 e. The average molecular weight is 406 g/mol. The van der Waals surface area contributed by atoms with E-state index in [4.69, 9.17) is 4.74 Å². The van der Waals surface area contributed by atoms with Crippen LogP contribution in [0.5, 0.6) is 0 Å². The first kappa shape index (κ1) is 19.5. The first-order valence-corrected chi connectivity index (χ1v) is 11.2. The molecule has 0 radical (unpaired) electrons. The summed E-state index contributed by atoms with van der Waals surface area (Å²) in [6.07, 6.45) is 12.2. The number of nitrogens with zero attached hydrogens (tertiary/aromatic N) is 1. The summed E-state index contributed by atoms with van der Waals surface area (Å²) < 4.78 is 19.1. The molecule has 156 valence electrons. The SMILES string of the molecule is CC1OC(=O)C2C[C@H]3CCCC[C@H]3[C@@H](/C=C/c3ccc(-c4cccc(F)c4)cn3)C12. The molecule has 4 heteroatoms. The number of esters is 1. The quantitative estimate of drug-likeness (QED) is 0.597. The first-order chi connectivity index (χ1) is 14.6. The molecule has 2 saturated carbocycles. The van der Waals surface area contributed by atoms with Gasteiger partial charge in [0.25, 0.3) is 0 Å². The predicted octanol–water partition coefficient (Wildman–Crippen LogP) is 5.90. The van der Waals surface area contributed by atoms with E-state index in [1.165, 1.54) is 37.8 Å². The second-order valence-corrected chi connectivity index (χ2v) is 9.19. The molecule has 3 aliphatic rings. The molecule has 0 N–H and O–H groups in total. The van der Waals surface area contributed by atoms with Gasteiger partial charge in [-0.25, -0.2) is 4.39 Å². The number of hydrogen-bond acceptors (Lipinski definition) is 3. The Morgan fingerprint density at radius 1 is 1.13 bits per heavy atom. The highest BCUT2D eigenvalue weighted by Crippen LogP contribution is 2.53. The van der Waals surface area contributed by atoms with Crippen LogP contribution in [0.15, 0.2) is 48.7 Å². The number of pyridine rings is 1. The van der Waals surface area contributed by atoms with Gasteiger partial charge in [-0.3, -0.25) is 9.78 Å². The van der Waals surface area contributed by atoms with Crippen molar-refractivity contribution in [3.63, 3.8) is 0 Å². The number of allylic oxidation sites excluding steroid dienone is 1. The van der Waals surface area contributed by atoms with E-state index in [1.54, 1.807) is 12.3 Å². The molecule has 0 amide bonds. The molecular weight excluding hydrogens is 377 g/mol. The number of carbonyl (C=O) groups excluding carboxylic acids is 1. The van der Waals surface area contributed by atoms with Crippen molar-refractivity contribution in [2.75, 3.05) is 0 Å². The topological polar surface area (TPSA) is 39.2 Å². The van der Waals surface area contributed by atoms with Crippen LogP contribution >= 0.6 is 0 Å². The van der Waals surface area contributed by atoms with Gasteiger partial charge in [-0.2, -0.15) is 0 Å². The van der Waals surface area contributed by atoms with Crippen LogP contribution < -0.4 is 0 Å². The zero-order valence-electron chi connectivity index (χ0n) is 17.3. The highest BCUT2D eigenvalue weighted by molar-refractivity contribution is 5.75. The zero-order valence-corrected chi connectivity index (χ0v) is 17.3. The van der Waals surface area contributed by atoms with E-state index in [0.29, 0.717) is 17.8 Å². The molecule has 1 saturated heterocycles. The number of rotatable bonds is 3. The molecule has 2 aromatic rings. The summed E-state index contributed by atoms with van der Waals surface area (Å²) in [7, 11) is 0. The van der Waals surface area contributed by atoms with Crippen molar-refractivity contribution in [2.24, 2.45) is 29.6 Å². The molecule has 3 nitrogen and oxygen atoms in total. The van der Waals surface area contributed by atoms with Gasteiger partial charge in [0.15, 0.2) is 0 Å². The monoisotopic (exact) mass is 405 g/mol. The molecule has 1 aromatic heterocycles. The smallest absolute Gasteiger partial charge is 0.309 e. The minimum absolute atomic E-state index is 0.00694. The Balaban J connectivity index is 1.39. The molecule has 0 spiro atoms. The summed E-state index contributed by atoms with van der Waals surface area (Å²) in [6, 6.07) is 10.5. The molecule has 3 fully saturated rings. The van der Waals surface area contributed by atoms with E-state index in [1.807, 2.05) is 18.2 Å². The van der Waals surface area contributed by atoms with E-state index >= 15 is 0 Å². The third kappa shape index (κ3) is 3.57. The van der Waals surface area contributed by atoms with Crippen molar-refractivity contribution in [3.05, 3.63) is 60.2 Å². The van der Waals surface area contributed by atoms with E-state index in [0.717, 1.165) is 23.2 Å². The maximum atomic E-state index is 13.5. The minimum atomic E-state index is -0.243. The molecule has 30 heavy (non-hydrogen) atoms. The van der Waals surface area contributed by atoms with Crippen LogP contribution in [-0.4, -0.2) is 17.1 Å². The van der Waals surface area contributed by atoms with Crippen molar-refractivity contribution < 1.29 is 13.9 Å². The predicted molar refractivity (Wildman–Crippen MR) is 115 cm³/mol. The molecule has 1 aliphatic heterocycles. The van der Waals surface area contributed by atoms with Gasteiger partial charge in [0.2, 0.25) is 0 Å². The standard InChI is InChI=1S/C26H28FNO2/c1-16-25-23(22-8-3-2-5-18(22)14-24(25)26(29)30-16)12-11-21-10-9-19(15-28-21)17-6-4-7-20(27)13-17/h4,6-7,9-13,15-16,18,22-25H,2-3,5,8,14H2,1H3/b12-11+/t16?,18-,22-,23-,24?,25?/m1/s1. The van der Waals surface area contributed by atoms with Crippen molar-refractivity contribution in [1.29, 1.82) is 0 Å². The summed E-state index contributed by atoms with van der Waals surface area (Å²) in [4.78, 5) is 17.0. The Labute approximate surface area is 177 Å². The summed E-state index contributed by atoms with van der Waals surface area (Å²) in [5.41, 5.74) is 2.62. The fourth-order valence-corrected chi connectivity index (χ4v) is 6.14. The Hall–Kier alpha value is -2.49. The van der Waals surface area contributed by atoms with Crippen LogP contribution in [-0.2, 0) is 9.53 Å². The molecule has 2 aliphatic carbocycles. The van der Waals surface area contributed by atoms with Crippen molar-refractivity contribution in [1.82, 2.24) is 4.98 Å². The van der Waals surface area contributed by atoms with Crippen molar-refractivity contribution in [3.8, 4) is 11.1 Å². The zero-order chi connectivity index (χ0) is 20.7. The Kier molecular flexibility index (Phi) is 5.18. The molecular formula is C26H28FNO2. The van der Waals surface area contributed by atoms with E-state index in [2.05, 4.69) is 24.1 Å². The molecule has 5 rings (SSSR count). The fourth-order valence-electron chi connectivity index (χ4n) is 6.14. The number of cyclic esters (lactones) is 1. The number of ether oxygens (including phenoxy) is 1. The Bertz CT molecular complexity index is 954. The normalized spacial score (nSPS) is 33.2. The number of carbonyl (C=O) groups is 1. The van der Waals surface area contributed by atoms with Crippen LogP contribution in [0.25, 0.3) is 17.2 Å². The third-order valence-corrected chi connectivity index (χ3v) is 7.51. The van der Waals surface area contributed by atoms with E-state index in [-0.39, 0.29) is 29.7 Å². The van der Waals surface area contributed by atoms with Gasteiger partial charge in [-0.15, -0.1) is 0 Å². The summed E-state index contributed by atoms with van der Waals surface area (Å²) >= 11 is 0. The summed E-state index contributed by atoms with van der Waals surface area (Å²) in [5, 5.41) is 0. The van der Waals surface area contributed by atoms with Crippen LogP contribution in [0.1, 0.15) is 44.7 Å². The number of fused-ring (bicyclic) bond motifs is 2. The maximum absolute atomic E-state index is 13.5. The fraction of sp³-hybridized carbons (Fsp3) is 0.462. The number of halogens is 1. The lowest BCUT2D eigenvalue weighted by molar-refractivity contribution is -0.144. The van der Waals surface area contributed by atoms with Gasteiger partial charge < -0.3 is 4.74 Å². The van der Waals surface area contributed by atoms with Gasteiger partial charge in [0.1, 0.15) is 11.9 Å². The summed E-state index contributed by atoms with van der Waals surface area (Å²) in [6.45, 7) is 2.05. The van der Waals surface area contributed by atoms with Crippen LogP contribution in [0.4, 0.5) is 4.39 Å². The lowest BCUT2D eigenvalue weighted by atomic mass is 9.57. The highest BCUT2D eigenvalue weighted by atomic mass is 19.1. The summed E-state index contributed by atoms with van der Waals surface area (Å²) in [5.74, 6) is 1.73. The maximum Gasteiger partial charge on any atom is 0.309 e. The van der Waals surface area contributed by atoms with Crippen LogP contribution in [0.3, 0.4) is 0 Å². The van der Waals surface area contributed by atoms with Crippen LogP contribution in [0, 0.1) is 35.4 Å². The van der Waals surface area contributed by atoms with Crippen LogP contribution in [0.2, 0.25) is 0 Å². The number of aromatic nitrogens is 1. The lowest BCUT2D eigenvalue weighted by Gasteiger charge is -2.45. The van der Waals surface area contributed by atoms with Gasteiger partial charge in [-0.05, 0) is 67.4 Å². The Morgan fingerprint density at radius 2 is 2.00 bits per heavy atom. The molecule has 2 heterocycles. The Morgan fingerprint density at radius 3 is 2.80 bits per heavy atom.